The molecule has 0 bridgehead atoms. The van der Waals surface area contributed by atoms with Crippen LogP contribution in [0.15, 0.2) is 10.7 Å². The highest BCUT2D eigenvalue weighted by Crippen LogP contribution is 2.16. The zero-order valence-electron chi connectivity index (χ0n) is 9.29. The molecule has 0 aliphatic carbocycles. The first-order valence-electron chi connectivity index (χ1n) is 5.06. The summed E-state index contributed by atoms with van der Waals surface area (Å²) in [5.41, 5.74) is 0.654. The Morgan fingerprint density at radius 2 is 2.19 bits per heavy atom. The number of halogens is 3. The average Bonchev–Trinajstić information content (AvgIpc) is 2.45. The van der Waals surface area contributed by atoms with E-state index in [0.717, 1.165) is 11.0 Å². The number of hydrogen-bond donors (Lipinski definition) is 0. The van der Waals surface area contributed by atoms with Gasteiger partial charge in [-0.15, -0.1) is 0 Å². The maximum Gasteiger partial charge on any atom is 0.261 e. The Labute approximate surface area is 102 Å². The molecule has 1 heterocycles. The molecule has 0 fully saturated rings. The predicted molar refractivity (Wildman–Crippen MR) is 60.4 cm³/mol. The number of rotatable bonds is 6. The molecule has 1 rings (SSSR count). The summed E-state index contributed by atoms with van der Waals surface area (Å²) in [6.45, 7) is 4.53. The molecule has 0 aliphatic rings. The van der Waals surface area contributed by atoms with E-state index in [-0.39, 0.29) is 6.61 Å². The molecule has 0 aliphatic heterocycles. The van der Waals surface area contributed by atoms with E-state index >= 15 is 0 Å². The number of hydrogen-bond acceptors (Lipinski definition) is 2. The lowest BCUT2D eigenvalue weighted by atomic mass is 10.2. The normalized spacial score (nSPS) is 11.7. The van der Waals surface area contributed by atoms with E-state index in [0.29, 0.717) is 11.6 Å². The van der Waals surface area contributed by atoms with Crippen molar-refractivity contribution < 1.29 is 13.5 Å². The van der Waals surface area contributed by atoms with Gasteiger partial charge in [0, 0.05) is 12.7 Å². The van der Waals surface area contributed by atoms with Gasteiger partial charge in [0.2, 0.25) is 0 Å². The van der Waals surface area contributed by atoms with Crippen LogP contribution in [0.1, 0.15) is 19.5 Å². The van der Waals surface area contributed by atoms with Crippen LogP contribution in [0.5, 0.6) is 0 Å². The molecule has 0 amide bonds. The summed E-state index contributed by atoms with van der Waals surface area (Å²) in [5.74, 6) is 0.488. The van der Waals surface area contributed by atoms with E-state index in [9.17, 15) is 8.78 Å². The van der Waals surface area contributed by atoms with Gasteiger partial charge in [-0.1, -0.05) is 13.8 Å². The summed E-state index contributed by atoms with van der Waals surface area (Å²) in [6.07, 6.45) is -0.599. The topological polar surface area (TPSA) is 27.1 Å². The molecule has 16 heavy (non-hydrogen) atoms. The molecule has 0 radical (unpaired) electrons. The van der Waals surface area contributed by atoms with Crippen LogP contribution in [0.4, 0.5) is 8.78 Å². The van der Waals surface area contributed by atoms with Gasteiger partial charge in [0.1, 0.15) is 12.3 Å². The molecule has 1 aromatic rings. The minimum absolute atomic E-state index is 0.107. The maximum atomic E-state index is 11.9. The van der Waals surface area contributed by atoms with Crippen molar-refractivity contribution in [3.05, 3.63) is 16.4 Å². The van der Waals surface area contributed by atoms with Gasteiger partial charge >= 0.3 is 0 Å². The van der Waals surface area contributed by atoms with Crippen LogP contribution in [0.25, 0.3) is 0 Å². The van der Waals surface area contributed by atoms with Crippen LogP contribution in [-0.4, -0.2) is 22.8 Å². The molecule has 0 saturated carbocycles. The summed E-state index contributed by atoms with van der Waals surface area (Å²) in [6, 6.07) is 0. The SMILES string of the molecule is CC(C)Cn1cc(Br)c(COCC(F)F)n1. The Hall–Kier alpha value is -0.490. The van der Waals surface area contributed by atoms with Crippen LogP contribution in [0.2, 0.25) is 0 Å². The quantitative estimate of drug-likeness (QED) is 0.807. The lowest BCUT2D eigenvalue weighted by Crippen LogP contribution is -2.07. The van der Waals surface area contributed by atoms with E-state index in [1.54, 1.807) is 4.68 Å². The van der Waals surface area contributed by atoms with Gasteiger partial charge in [0.15, 0.2) is 0 Å². The predicted octanol–water partition coefficient (Wildman–Crippen LogP) is 3.08. The average molecular weight is 297 g/mol. The van der Waals surface area contributed by atoms with Gasteiger partial charge in [-0.2, -0.15) is 5.10 Å². The zero-order chi connectivity index (χ0) is 12.1. The second kappa shape index (κ2) is 6.30. The third-order valence-corrected chi connectivity index (χ3v) is 2.48. The van der Waals surface area contributed by atoms with Crippen LogP contribution < -0.4 is 0 Å². The molecule has 0 N–H and O–H groups in total. The van der Waals surface area contributed by atoms with Gasteiger partial charge in [-0.05, 0) is 21.8 Å². The van der Waals surface area contributed by atoms with E-state index < -0.39 is 13.0 Å². The van der Waals surface area contributed by atoms with Crippen molar-refractivity contribution in [3.8, 4) is 0 Å². The molecule has 92 valence electrons. The van der Waals surface area contributed by atoms with Gasteiger partial charge in [0.05, 0.1) is 11.1 Å². The van der Waals surface area contributed by atoms with Gasteiger partial charge in [-0.3, -0.25) is 4.68 Å². The molecular formula is C10H15BrF2N2O. The minimum atomic E-state index is -2.43. The van der Waals surface area contributed by atoms with E-state index in [2.05, 4.69) is 34.9 Å². The number of ether oxygens (including phenoxy) is 1. The fraction of sp³-hybridized carbons (Fsp3) is 0.700. The van der Waals surface area contributed by atoms with Crippen molar-refractivity contribution in [2.75, 3.05) is 6.61 Å². The fourth-order valence-corrected chi connectivity index (χ4v) is 1.68. The molecular weight excluding hydrogens is 282 g/mol. The van der Waals surface area contributed by atoms with Crippen molar-refractivity contribution in [2.24, 2.45) is 5.92 Å². The second-order valence-corrected chi connectivity index (χ2v) is 4.80. The maximum absolute atomic E-state index is 11.9. The Morgan fingerprint density at radius 3 is 2.75 bits per heavy atom. The first kappa shape index (κ1) is 13.6. The minimum Gasteiger partial charge on any atom is -0.369 e. The molecule has 0 atom stereocenters. The molecule has 0 unspecified atom stereocenters. The molecule has 0 saturated heterocycles. The fourth-order valence-electron chi connectivity index (χ4n) is 1.25. The lowest BCUT2D eigenvalue weighted by Gasteiger charge is -2.04. The Balaban J connectivity index is 2.50. The molecule has 0 spiro atoms. The third-order valence-electron chi connectivity index (χ3n) is 1.82. The van der Waals surface area contributed by atoms with E-state index in [4.69, 9.17) is 4.74 Å². The smallest absolute Gasteiger partial charge is 0.261 e. The van der Waals surface area contributed by atoms with Crippen LogP contribution >= 0.6 is 15.9 Å². The molecule has 3 nitrogen and oxygen atoms in total. The lowest BCUT2D eigenvalue weighted by molar-refractivity contribution is 0.00850. The van der Waals surface area contributed by atoms with Gasteiger partial charge in [0.25, 0.3) is 6.43 Å². The van der Waals surface area contributed by atoms with Crippen LogP contribution in [0.3, 0.4) is 0 Å². The van der Waals surface area contributed by atoms with E-state index in [1.807, 2.05) is 6.20 Å². The highest BCUT2D eigenvalue weighted by molar-refractivity contribution is 9.10. The van der Waals surface area contributed by atoms with E-state index in [1.165, 1.54) is 0 Å². The Bertz CT molecular complexity index is 329. The van der Waals surface area contributed by atoms with Gasteiger partial charge < -0.3 is 4.74 Å². The molecule has 0 aromatic carbocycles. The number of alkyl halides is 2. The Kier molecular flexibility index (Phi) is 5.34. The largest absolute Gasteiger partial charge is 0.369 e. The van der Waals surface area contributed by atoms with Crippen molar-refractivity contribution in [1.29, 1.82) is 0 Å². The number of nitrogens with zero attached hydrogens (tertiary/aromatic N) is 2. The first-order valence-corrected chi connectivity index (χ1v) is 5.86. The monoisotopic (exact) mass is 296 g/mol. The van der Waals surface area contributed by atoms with Crippen molar-refractivity contribution in [3.63, 3.8) is 0 Å². The summed E-state index contributed by atoms with van der Waals surface area (Å²) < 4.78 is 31.1. The number of aromatic nitrogens is 2. The summed E-state index contributed by atoms with van der Waals surface area (Å²) in [4.78, 5) is 0. The first-order chi connectivity index (χ1) is 7.49. The second-order valence-electron chi connectivity index (χ2n) is 3.95. The van der Waals surface area contributed by atoms with Crippen LogP contribution in [-0.2, 0) is 17.9 Å². The molecule has 6 heteroatoms. The highest BCUT2D eigenvalue weighted by atomic mass is 79.9. The van der Waals surface area contributed by atoms with Crippen LogP contribution in [0, 0.1) is 5.92 Å². The summed E-state index contributed by atoms with van der Waals surface area (Å²) >= 11 is 3.32. The summed E-state index contributed by atoms with van der Waals surface area (Å²) in [7, 11) is 0. The van der Waals surface area contributed by atoms with Crippen molar-refractivity contribution in [2.45, 2.75) is 33.4 Å². The Morgan fingerprint density at radius 1 is 1.50 bits per heavy atom. The van der Waals surface area contributed by atoms with Gasteiger partial charge in [-0.25, -0.2) is 8.78 Å². The zero-order valence-corrected chi connectivity index (χ0v) is 10.9. The third kappa shape index (κ3) is 4.57. The molecule has 1 aromatic heterocycles. The van der Waals surface area contributed by atoms with Crippen molar-refractivity contribution >= 4 is 15.9 Å². The van der Waals surface area contributed by atoms with Crippen molar-refractivity contribution in [1.82, 2.24) is 9.78 Å². The summed E-state index contributed by atoms with van der Waals surface area (Å²) in [5, 5.41) is 4.25. The standard InChI is InChI=1S/C10H15BrF2N2O/c1-7(2)3-15-4-8(11)9(14-15)5-16-6-10(12)13/h4,7,10H,3,5-6H2,1-2H3. The highest BCUT2D eigenvalue weighted by Gasteiger charge is 2.09.